The van der Waals surface area contributed by atoms with Gasteiger partial charge in [0.05, 0.1) is 12.4 Å². The van der Waals surface area contributed by atoms with Gasteiger partial charge in [-0.05, 0) is 25.8 Å². The highest BCUT2D eigenvalue weighted by molar-refractivity contribution is 5.73. The molecule has 0 saturated heterocycles. The molecule has 0 aliphatic heterocycles. The minimum atomic E-state index is 0.0539. The minimum absolute atomic E-state index is 0.0539. The average molecular weight is 183 g/mol. The van der Waals surface area contributed by atoms with Gasteiger partial charge in [0.1, 0.15) is 0 Å². The summed E-state index contributed by atoms with van der Waals surface area (Å²) < 4.78 is 5.38. The maximum atomic E-state index is 10.8. The van der Waals surface area contributed by atoms with Crippen LogP contribution in [0.2, 0.25) is 0 Å². The standard InChI is InChI=1S/C10H17NO2/c1-3-13-10-6-4-9(5-7-10)11-8(2)12/h6,9H,3-5,7H2,1-2H3,(H,11,12). The van der Waals surface area contributed by atoms with Crippen molar-refractivity contribution in [1.82, 2.24) is 5.32 Å². The van der Waals surface area contributed by atoms with Crippen LogP contribution in [-0.2, 0) is 9.53 Å². The number of allylic oxidation sites excluding steroid dienone is 1. The molecule has 1 atom stereocenters. The van der Waals surface area contributed by atoms with E-state index in [0.717, 1.165) is 31.6 Å². The summed E-state index contributed by atoms with van der Waals surface area (Å²) in [6.07, 6.45) is 4.91. The first kappa shape index (κ1) is 10.1. The molecule has 1 aliphatic rings. The number of ether oxygens (including phenoxy) is 1. The molecule has 1 rings (SSSR count). The van der Waals surface area contributed by atoms with Crippen LogP contribution in [-0.4, -0.2) is 18.6 Å². The first-order valence-electron chi connectivity index (χ1n) is 4.81. The van der Waals surface area contributed by atoms with Gasteiger partial charge >= 0.3 is 0 Å². The molecular weight excluding hydrogens is 166 g/mol. The lowest BCUT2D eigenvalue weighted by atomic mass is 10.0. The van der Waals surface area contributed by atoms with E-state index in [0.29, 0.717) is 6.04 Å². The molecular formula is C10H17NO2. The van der Waals surface area contributed by atoms with Crippen molar-refractivity contribution in [3.63, 3.8) is 0 Å². The van der Waals surface area contributed by atoms with Gasteiger partial charge in [0.15, 0.2) is 0 Å². The molecule has 74 valence electrons. The fourth-order valence-corrected chi connectivity index (χ4v) is 1.55. The number of amides is 1. The molecule has 0 heterocycles. The molecule has 0 saturated carbocycles. The Labute approximate surface area is 79.2 Å². The summed E-state index contributed by atoms with van der Waals surface area (Å²) in [5.74, 6) is 1.13. The van der Waals surface area contributed by atoms with E-state index in [1.165, 1.54) is 0 Å². The number of nitrogens with one attached hydrogen (secondary N) is 1. The molecule has 0 radical (unpaired) electrons. The van der Waals surface area contributed by atoms with Gasteiger partial charge in [0.25, 0.3) is 0 Å². The lowest BCUT2D eigenvalue weighted by Crippen LogP contribution is -2.34. The quantitative estimate of drug-likeness (QED) is 0.721. The molecule has 0 spiro atoms. The molecule has 0 fully saturated rings. The van der Waals surface area contributed by atoms with Gasteiger partial charge in [-0.1, -0.05) is 0 Å². The highest BCUT2D eigenvalue weighted by Gasteiger charge is 2.15. The molecule has 13 heavy (non-hydrogen) atoms. The molecule has 3 heteroatoms. The predicted octanol–water partition coefficient (Wildman–Crippen LogP) is 1.60. The number of hydrogen-bond donors (Lipinski definition) is 1. The Hall–Kier alpha value is -0.990. The van der Waals surface area contributed by atoms with Crippen molar-refractivity contribution in [1.29, 1.82) is 0 Å². The molecule has 1 unspecified atom stereocenters. The van der Waals surface area contributed by atoms with Gasteiger partial charge < -0.3 is 10.1 Å². The first-order valence-corrected chi connectivity index (χ1v) is 4.81. The van der Waals surface area contributed by atoms with Gasteiger partial charge in [-0.15, -0.1) is 0 Å². The fraction of sp³-hybridized carbons (Fsp3) is 0.700. The van der Waals surface area contributed by atoms with Gasteiger partial charge in [-0.3, -0.25) is 4.79 Å². The van der Waals surface area contributed by atoms with Crippen molar-refractivity contribution in [3.05, 3.63) is 11.8 Å². The van der Waals surface area contributed by atoms with Crippen LogP contribution in [0.25, 0.3) is 0 Å². The topological polar surface area (TPSA) is 38.3 Å². The van der Waals surface area contributed by atoms with E-state index >= 15 is 0 Å². The molecule has 1 N–H and O–H groups in total. The summed E-state index contributed by atoms with van der Waals surface area (Å²) in [6, 6.07) is 0.307. The third kappa shape index (κ3) is 3.49. The maximum absolute atomic E-state index is 10.8. The van der Waals surface area contributed by atoms with Crippen LogP contribution in [0, 0.1) is 0 Å². The van der Waals surface area contributed by atoms with Gasteiger partial charge in [0.2, 0.25) is 5.91 Å². The van der Waals surface area contributed by atoms with Crippen molar-refractivity contribution < 1.29 is 9.53 Å². The van der Waals surface area contributed by atoms with E-state index in [9.17, 15) is 4.79 Å². The van der Waals surface area contributed by atoms with E-state index in [4.69, 9.17) is 4.74 Å². The largest absolute Gasteiger partial charge is 0.499 e. The number of rotatable bonds is 3. The van der Waals surface area contributed by atoms with Crippen LogP contribution in [0.1, 0.15) is 33.1 Å². The lowest BCUT2D eigenvalue weighted by Gasteiger charge is -2.22. The Bertz CT molecular complexity index is 211. The molecule has 0 aromatic rings. The zero-order chi connectivity index (χ0) is 9.68. The van der Waals surface area contributed by atoms with E-state index in [2.05, 4.69) is 11.4 Å². The second-order valence-corrected chi connectivity index (χ2v) is 3.28. The summed E-state index contributed by atoms with van der Waals surface area (Å²) in [5.41, 5.74) is 0. The van der Waals surface area contributed by atoms with Crippen LogP contribution >= 0.6 is 0 Å². The van der Waals surface area contributed by atoms with Crippen molar-refractivity contribution in [2.24, 2.45) is 0 Å². The molecule has 0 aromatic heterocycles. The number of carbonyl (C=O) groups is 1. The van der Waals surface area contributed by atoms with Gasteiger partial charge in [0, 0.05) is 19.4 Å². The van der Waals surface area contributed by atoms with Gasteiger partial charge in [-0.25, -0.2) is 0 Å². The number of carbonyl (C=O) groups excluding carboxylic acids is 1. The van der Waals surface area contributed by atoms with Crippen LogP contribution in [0.5, 0.6) is 0 Å². The van der Waals surface area contributed by atoms with Crippen molar-refractivity contribution >= 4 is 5.91 Å². The summed E-state index contributed by atoms with van der Waals surface area (Å²) >= 11 is 0. The molecule has 3 nitrogen and oxygen atoms in total. The minimum Gasteiger partial charge on any atom is -0.499 e. The molecule has 1 amide bonds. The van der Waals surface area contributed by atoms with Crippen molar-refractivity contribution in [2.75, 3.05) is 6.61 Å². The van der Waals surface area contributed by atoms with Crippen molar-refractivity contribution in [2.45, 2.75) is 39.2 Å². The Morgan fingerprint density at radius 2 is 2.54 bits per heavy atom. The maximum Gasteiger partial charge on any atom is 0.217 e. The van der Waals surface area contributed by atoms with Gasteiger partial charge in [-0.2, -0.15) is 0 Å². The smallest absolute Gasteiger partial charge is 0.217 e. The molecule has 1 aliphatic carbocycles. The van der Waals surface area contributed by atoms with Crippen molar-refractivity contribution in [3.8, 4) is 0 Å². The van der Waals surface area contributed by atoms with E-state index in [-0.39, 0.29) is 5.91 Å². The third-order valence-electron chi connectivity index (χ3n) is 2.11. The highest BCUT2D eigenvalue weighted by atomic mass is 16.5. The normalized spacial score (nSPS) is 22.0. The van der Waals surface area contributed by atoms with E-state index < -0.39 is 0 Å². The summed E-state index contributed by atoms with van der Waals surface area (Å²) in [5, 5.41) is 2.91. The zero-order valence-electron chi connectivity index (χ0n) is 8.30. The third-order valence-corrected chi connectivity index (χ3v) is 2.11. The Kier molecular flexibility index (Phi) is 3.80. The Morgan fingerprint density at radius 3 is 3.00 bits per heavy atom. The van der Waals surface area contributed by atoms with Crippen LogP contribution in [0.4, 0.5) is 0 Å². The molecule has 0 bridgehead atoms. The Balaban J connectivity index is 2.32. The second-order valence-electron chi connectivity index (χ2n) is 3.28. The summed E-state index contributed by atoms with van der Waals surface area (Å²) in [6.45, 7) is 4.28. The second kappa shape index (κ2) is 4.90. The highest BCUT2D eigenvalue weighted by Crippen LogP contribution is 2.18. The lowest BCUT2D eigenvalue weighted by molar-refractivity contribution is -0.119. The van der Waals surface area contributed by atoms with Crippen LogP contribution < -0.4 is 5.32 Å². The predicted molar refractivity (Wildman–Crippen MR) is 51.2 cm³/mol. The average Bonchev–Trinajstić information content (AvgIpc) is 2.08. The van der Waals surface area contributed by atoms with Crippen LogP contribution in [0.3, 0.4) is 0 Å². The summed E-state index contributed by atoms with van der Waals surface area (Å²) in [4.78, 5) is 10.8. The van der Waals surface area contributed by atoms with Crippen LogP contribution in [0.15, 0.2) is 11.8 Å². The first-order chi connectivity index (χ1) is 6.22. The van der Waals surface area contributed by atoms with E-state index in [1.54, 1.807) is 6.92 Å². The number of hydrogen-bond acceptors (Lipinski definition) is 2. The summed E-state index contributed by atoms with van der Waals surface area (Å²) in [7, 11) is 0. The Morgan fingerprint density at radius 1 is 1.77 bits per heavy atom. The molecule has 0 aromatic carbocycles. The monoisotopic (exact) mass is 183 g/mol. The fourth-order valence-electron chi connectivity index (χ4n) is 1.55. The SMILES string of the molecule is CCOC1=CCC(NC(C)=O)CC1. The van der Waals surface area contributed by atoms with E-state index in [1.807, 2.05) is 6.92 Å². The zero-order valence-corrected chi connectivity index (χ0v) is 8.30.